The van der Waals surface area contributed by atoms with E-state index in [0.717, 1.165) is 19.4 Å². The van der Waals surface area contributed by atoms with Gasteiger partial charge >= 0.3 is 0 Å². The molecular weight excluding hydrogens is 194 g/mol. The van der Waals surface area contributed by atoms with Gasteiger partial charge in [-0.25, -0.2) is 0 Å². The lowest BCUT2D eigenvalue weighted by Crippen LogP contribution is -2.23. The van der Waals surface area contributed by atoms with E-state index in [1.807, 2.05) is 0 Å². The Balaban J connectivity index is 2.61. The molecule has 1 nitrogen and oxygen atoms in total. The Labute approximate surface area is 99.3 Å². The van der Waals surface area contributed by atoms with E-state index in [4.69, 9.17) is 6.42 Å². The third kappa shape index (κ3) is 4.51. The predicted octanol–water partition coefficient (Wildman–Crippen LogP) is 3.39. The van der Waals surface area contributed by atoms with E-state index in [1.54, 1.807) is 0 Å². The second-order valence-corrected chi connectivity index (χ2v) is 4.50. The van der Waals surface area contributed by atoms with Gasteiger partial charge in [-0.05, 0) is 17.9 Å². The Kier molecular flexibility index (Phi) is 5.67. The number of rotatable bonds is 6. The maximum atomic E-state index is 5.26. The Bertz CT molecular complexity index is 321. The molecule has 1 N–H and O–H groups in total. The molecule has 0 aliphatic carbocycles. The van der Waals surface area contributed by atoms with E-state index in [1.165, 1.54) is 5.56 Å². The molecular formula is C15H21N. The molecule has 0 saturated carbocycles. The summed E-state index contributed by atoms with van der Waals surface area (Å²) in [4.78, 5) is 0. The van der Waals surface area contributed by atoms with Crippen molar-refractivity contribution in [1.29, 1.82) is 0 Å². The molecule has 1 aromatic carbocycles. The summed E-state index contributed by atoms with van der Waals surface area (Å²) < 4.78 is 0. The fourth-order valence-electron chi connectivity index (χ4n) is 1.81. The molecule has 1 aromatic rings. The summed E-state index contributed by atoms with van der Waals surface area (Å²) in [6.45, 7) is 5.39. The summed E-state index contributed by atoms with van der Waals surface area (Å²) >= 11 is 0. The highest BCUT2D eigenvalue weighted by Gasteiger charge is 2.11. The number of benzene rings is 1. The van der Waals surface area contributed by atoms with E-state index in [9.17, 15) is 0 Å². The van der Waals surface area contributed by atoms with E-state index < -0.39 is 0 Å². The molecule has 16 heavy (non-hydrogen) atoms. The van der Waals surface area contributed by atoms with Crippen molar-refractivity contribution in [2.45, 2.75) is 32.7 Å². The Morgan fingerprint density at radius 3 is 2.50 bits per heavy atom. The third-order valence-electron chi connectivity index (χ3n) is 2.57. The maximum absolute atomic E-state index is 5.26. The second-order valence-electron chi connectivity index (χ2n) is 4.50. The molecule has 1 atom stereocenters. The standard InChI is InChI=1S/C15H21N/c1-4-5-11-16-15(12-13(2)3)14-9-7-6-8-10-14/h1,6-10,13,15-16H,5,11-12H2,2-3H3. The van der Waals surface area contributed by atoms with Gasteiger partial charge in [-0.1, -0.05) is 44.2 Å². The van der Waals surface area contributed by atoms with Crippen LogP contribution in [0.25, 0.3) is 0 Å². The molecule has 0 bridgehead atoms. The molecule has 0 amide bonds. The lowest BCUT2D eigenvalue weighted by molar-refractivity contribution is 0.434. The van der Waals surface area contributed by atoms with E-state index >= 15 is 0 Å². The minimum atomic E-state index is 0.426. The van der Waals surface area contributed by atoms with Crippen LogP contribution in [0.4, 0.5) is 0 Å². The number of nitrogens with one attached hydrogen (secondary N) is 1. The van der Waals surface area contributed by atoms with Crippen LogP contribution in [0.2, 0.25) is 0 Å². The lowest BCUT2D eigenvalue weighted by Gasteiger charge is -2.20. The summed E-state index contributed by atoms with van der Waals surface area (Å²) in [5, 5.41) is 3.53. The first-order chi connectivity index (χ1) is 7.74. The van der Waals surface area contributed by atoms with Crippen molar-refractivity contribution >= 4 is 0 Å². The van der Waals surface area contributed by atoms with Crippen LogP contribution in [0.15, 0.2) is 30.3 Å². The average Bonchev–Trinajstić information content (AvgIpc) is 2.29. The van der Waals surface area contributed by atoms with Gasteiger partial charge in [0.2, 0.25) is 0 Å². The van der Waals surface area contributed by atoms with E-state index in [-0.39, 0.29) is 0 Å². The van der Waals surface area contributed by atoms with Crippen molar-refractivity contribution < 1.29 is 0 Å². The summed E-state index contributed by atoms with van der Waals surface area (Å²) in [6.07, 6.45) is 7.21. The molecule has 0 spiro atoms. The summed E-state index contributed by atoms with van der Waals surface area (Å²) in [5.41, 5.74) is 1.35. The van der Waals surface area contributed by atoms with Gasteiger partial charge in [-0.15, -0.1) is 12.3 Å². The molecule has 1 unspecified atom stereocenters. The zero-order chi connectivity index (χ0) is 11.8. The zero-order valence-electron chi connectivity index (χ0n) is 10.2. The zero-order valence-corrected chi connectivity index (χ0v) is 10.2. The van der Waals surface area contributed by atoms with Crippen LogP contribution >= 0.6 is 0 Å². The topological polar surface area (TPSA) is 12.0 Å². The molecule has 0 saturated heterocycles. The molecule has 1 heteroatoms. The van der Waals surface area contributed by atoms with Crippen LogP contribution in [0.5, 0.6) is 0 Å². The van der Waals surface area contributed by atoms with Gasteiger partial charge in [0, 0.05) is 19.0 Å². The summed E-state index contributed by atoms with van der Waals surface area (Å²) in [6, 6.07) is 11.0. The van der Waals surface area contributed by atoms with E-state index in [0.29, 0.717) is 12.0 Å². The van der Waals surface area contributed by atoms with Crippen molar-refractivity contribution in [1.82, 2.24) is 5.32 Å². The normalized spacial score (nSPS) is 12.4. The van der Waals surface area contributed by atoms with Crippen molar-refractivity contribution in [3.63, 3.8) is 0 Å². The van der Waals surface area contributed by atoms with Gasteiger partial charge in [0.25, 0.3) is 0 Å². The first kappa shape index (κ1) is 12.8. The van der Waals surface area contributed by atoms with Crippen LogP contribution in [-0.4, -0.2) is 6.54 Å². The van der Waals surface area contributed by atoms with Gasteiger partial charge in [0.05, 0.1) is 0 Å². The van der Waals surface area contributed by atoms with Crippen LogP contribution in [0.1, 0.15) is 38.3 Å². The molecule has 0 radical (unpaired) electrons. The average molecular weight is 215 g/mol. The van der Waals surface area contributed by atoms with Gasteiger partial charge in [-0.2, -0.15) is 0 Å². The highest BCUT2D eigenvalue weighted by atomic mass is 14.9. The van der Waals surface area contributed by atoms with Crippen molar-refractivity contribution in [3.05, 3.63) is 35.9 Å². The van der Waals surface area contributed by atoms with Gasteiger partial charge in [-0.3, -0.25) is 0 Å². The SMILES string of the molecule is C#CCCNC(CC(C)C)c1ccccc1. The number of terminal acetylenes is 1. The molecule has 0 aliphatic heterocycles. The van der Waals surface area contributed by atoms with Crippen molar-refractivity contribution in [2.75, 3.05) is 6.54 Å². The number of hydrogen-bond donors (Lipinski definition) is 1. The molecule has 86 valence electrons. The van der Waals surface area contributed by atoms with Crippen LogP contribution in [0.3, 0.4) is 0 Å². The molecule has 1 rings (SSSR count). The summed E-state index contributed by atoms with van der Waals surface area (Å²) in [7, 11) is 0. The molecule has 0 aromatic heterocycles. The molecule has 0 fully saturated rings. The van der Waals surface area contributed by atoms with Crippen LogP contribution in [0, 0.1) is 18.3 Å². The molecule has 0 heterocycles. The fourth-order valence-corrected chi connectivity index (χ4v) is 1.81. The molecule has 0 aliphatic rings. The van der Waals surface area contributed by atoms with Crippen molar-refractivity contribution in [2.24, 2.45) is 5.92 Å². The van der Waals surface area contributed by atoms with Crippen molar-refractivity contribution in [3.8, 4) is 12.3 Å². The Morgan fingerprint density at radius 1 is 1.25 bits per heavy atom. The predicted molar refractivity (Wildman–Crippen MR) is 70.1 cm³/mol. The Morgan fingerprint density at radius 2 is 1.94 bits per heavy atom. The highest BCUT2D eigenvalue weighted by molar-refractivity contribution is 5.18. The van der Waals surface area contributed by atoms with Gasteiger partial charge in [0.1, 0.15) is 0 Å². The smallest absolute Gasteiger partial charge is 0.0323 e. The number of hydrogen-bond acceptors (Lipinski definition) is 1. The first-order valence-corrected chi connectivity index (χ1v) is 5.96. The quantitative estimate of drug-likeness (QED) is 0.566. The third-order valence-corrected chi connectivity index (χ3v) is 2.57. The van der Waals surface area contributed by atoms with E-state index in [2.05, 4.69) is 55.4 Å². The van der Waals surface area contributed by atoms with Crippen LogP contribution in [-0.2, 0) is 0 Å². The minimum absolute atomic E-state index is 0.426. The first-order valence-electron chi connectivity index (χ1n) is 5.96. The lowest BCUT2D eigenvalue weighted by atomic mass is 9.97. The fraction of sp³-hybridized carbons (Fsp3) is 0.467. The van der Waals surface area contributed by atoms with Gasteiger partial charge < -0.3 is 5.32 Å². The monoisotopic (exact) mass is 215 g/mol. The minimum Gasteiger partial charge on any atom is -0.309 e. The highest BCUT2D eigenvalue weighted by Crippen LogP contribution is 2.20. The van der Waals surface area contributed by atoms with Gasteiger partial charge in [0.15, 0.2) is 0 Å². The maximum Gasteiger partial charge on any atom is 0.0323 e. The largest absolute Gasteiger partial charge is 0.309 e. The summed E-state index contributed by atoms with van der Waals surface area (Å²) in [5.74, 6) is 3.35. The Hall–Kier alpha value is -1.26. The van der Waals surface area contributed by atoms with Crippen LogP contribution < -0.4 is 5.32 Å². The second kappa shape index (κ2) is 7.09.